The first-order chi connectivity index (χ1) is 18.1. The minimum Gasteiger partial charge on any atom is -0.493 e. The molecule has 0 amide bonds. The number of Topliss-reactive ketones (excluding diaryl/α,β-unsaturated/α-hetero) is 1. The molecule has 1 unspecified atom stereocenters. The van der Waals surface area contributed by atoms with E-state index in [-0.39, 0.29) is 22.6 Å². The smallest absolute Gasteiger partial charge is 0.290 e. The van der Waals surface area contributed by atoms with Crippen LogP contribution in [0.3, 0.4) is 0 Å². The van der Waals surface area contributed by atoms with Crippen molar-refractivity contribution in [3.8, 4) is 11.5 Å². The summed E-state index contributed by atoms with van der Waals surface area (Å²) in [7, 11) is 2.38. The van der Waals surface area contributed by atoms with E-state index >= 15 is 0 Å². The van der Waals surface area contributed by atoms with E-state index in [9.17, 15) is 66.1 Å². The number of allylic oxidation sites excluding steroid dienone is 2. The van der Waals surface area contributed by atoms with Crippen LogP contribution < -0.4 is 9.47 Å². The maximum atomic E-state index is 13.3. The number of fused-ring (bicyclic) bond motifs is 1. The van der Waals surface area contributed by atoms with Crippen LogP contribution in [0.25, 0.3) is 0 Å². The second-order valence-corrected chi connectivity index (χ2v) is 9.50. The van der Waals surface area contributed by atoms with Crippen LogP contribution >= 0.6 is 0 Å². The highest BCUT2D eigenvalue weighted by Crippen LogP contribution is 2.57. The molecule has 1 heterocycles. The number of carbonyl (C=O) groups is 1. The van der Waals surface area contributed by atoms with Crippen molar-refractivity contribution in [2.45, 2.75) is 46.8 Å². The Bertz CT molecular complexity index is 1240. The van der Waals surface area contributed by atoms with Crippen LogP contribution in [-0.4, -0.2) is 133 Å². The lowest BCUT2D eigenvalue weighted by Crippen LogP contribution is -2.99. The molecule has 1 aliphatic heterocycles. The van der Waals surface area contributed by atoms with Gasteiger partial charge in [0.2, 0.25) is 17.2 Å². The molecule has 222 valence electrons. The summed E-state index contributed by atoms with van der Waals surface area (Å²) >= 11 is 0. The molecule has 3 rings (SSSR count). The molecule has 1 aliphatic carbocycles. The first-order valence-electron chi connectivity index (χ1n) is 11.3. The molecule has 0 bridgehead atoms. The molecule has 0 aromatic heterocycles. The monoisotopic (exact) mass is 573 g/mol. The van der Waals surface area contributed by atoms with Crippen molar-refractivity contribution < 1.29 is 75.5 Å². The molecule has 40 heavy (non-hydrogen) atoms. The molecule has 1 fully saturated rings. The van der Waals surface area contributed by atoms with Gasteiger partial charge in [-0.25, -0.2) is 0 Å². The van der Waals surface area contributed by atoms with E-state index < -0.39 is 69.6 Å². The van der Waals surface area contributed by atoms with E-state index in [0.29, 0.717) is 0 Å². The Kier molecular flexibility index (Phi) is 7.42. The molecule has 16 nitrogen and oxygen atoms in total. The van der Waals surface area contributed by atoms with Crippen molar-refractivity contribution in [2.75, 3.05) is 20.8 Å². The molecule has 16 heteroatoms. The van der Waals surface area contributed by atoms with Gasteiger partial charge in [0.05, 0.1) is 14.2 Å². The van der Waals surface area contributed by atoms with Gasteiger partial charge >= 0.3 is 0 Å². The number of aliphatic hydroxyl groups is 12. The number of hydrogen-bond acceptors (Lipinski definition) is 16. The Morgan fingerprint density at radius 3 is 1.82 bits per heavy atom. The second-order valence-electron chi connectivity index (χ2n) is 9.50. The van der Waals surface area contributed by atoms with Crippen molar-refractivity contribution in [2.24, 2.45) is 0 Å². The van der Waals surface area contributed by atoms with E-state index in [1.807, 2.05) is 0 Å². The van der Waals surface area contributed by atoms with E-state index in [2.05, 4.69) is 13.2 Å². The molecule has 0 saturated carbocycles. The summed E-state index contributed by atoms with van der Waals surface area (Å²) in [6, 6.07) is 2.07. The minimum atomic E-state index is -5.20. The van der Waals surface area contributed by atoms with E-state index in [1.54, 1.807) is 0 Å². The predicted octanol–water partition coefficient (Wildman–Crippen LogP) is -5.16. The maximum Gasteiger partial charge on any atom is 0.290 e. The zero-order chi connectivity index (χ0) is 30.9. The summed E-state index contributed by atoms with van der Waals surface area (Å²) in [5, 5.41) is 131. The zero-order valence-electron chi connectivity index (χ0n) is 21.3. The molecule has 0 spiro atoms. The lowest BCUT2D eigenvalue weighted by Gasteiger charge is -2.66. The number of hydrogen-bond donors (Lipinski definition) is 12. The molecular formula is C24H31NO15. The maximum absolute atomic E-state index is 13.3. The van der Waals surface area contributed by atoms with Crippen LogP contribution in [0.1, 0.15) is 15.9 Å². The van der Waals surface area contributed by atoms with E-state index in [4.69, 9.17) is 9.47 Å². The van der Waals surface area contributed by atoms with Crippen LogP contribution in [0.5, 0.6) is 11.5 Å². The SMILES string of the molecule is C=C/C=C(\C=C)CN1C(O)(O)C(O)(O)C(O)(C(O)(O)C2(O)Cc3cc(OC)c(OC)cc3C2=O)C(O)(O)C1(O)O. The summed E-state index contributed by atoms with van der Waals surface area (Å²) in [5.41, 5.74) is -9.95. The van der Waals surface area contributed by atoms with Gasteiger partial charge in [-0.05, 0) is 23.3 Å². The molecule has 2 aliphatic rings. The Morgan fingerprint density at radius 2 is 1.40 bits per heavy atom. The van der Waals surface area contributed by atoms with Crippen molar-refractivity contribution in [3.05, 3.63) is 60.2 Å². The Labute approximate surface area is 226 Å². The molecule has 1 saturated heterocycles. The highest BCUT2D eigenvalue weighted by Gasteiger charge is 2.92. The van der Waals surface area contributed by atoms with Gasteiger partial charge in [0.1, 0.15) is 0 Å². The molecule has 0 radical (unpaired) electrons. The number of likely N-dealkylation sites (tertiary alicyclic amines) is 1. The average Bonchev–Trinajstić information content (AvgIpc) is 3.13. The topological polar surface area (TPSA) is 282 Å². The van der Waals surface area contributed by atoms with Gasteiger partial charge in [-0.3, -0.25) is 4.79 Å². The average molecular weight is 574 g/mol. The van der Waals surface area contributed by atoms with Crippen molar-refractivity contribution in [1.29, 1.82) is 0 Å². The first kappa shape index (κ1) is 31.7. The number of ketones is 1. The van der Waals surface area contributed by atoms with Gasteiger partial charge in [0.15, 0.2) is 17.1 Å². The van der Waals surface area contributed by atoms with Crippen LogP contribution in [0, 0.1) is 0 Å². The highest BCUT2D eigenvalue weighted by atomic mass is 16.7. The van der Waals surface area contributed by atoms with Crippen LogP contribution in [0.2, 0.25) is 0 Å². The lowest BCUT2D eigenvalue weighted by molar-refractivity contribution is -0.621. The summed E-state index contributed by atoms with van der Waals surface area (Å²) < 4.78 is 10.1. The van der Waals surface area contributed by atoms with Crippen LogP contribution in [-0.2, 0) is 6.42 Å². The lowest BCUT2D eigenvalue weighted by atomic mass is 9.63. The summed E-state index contributed by atoms with van der Waals surface area (Å²) in [5.74, 6) is -26.0. The molecule has 1 aromatic carbocycles. The van der Waals surface area contributed by atoms with E-state index in [0.717, 1.165) is 30.4 Å². The third-order valence-corrected chi connectivity index (χ3v) is 7.39. The molecule has 1 aromatic rings. The molecule has 12 N–H and O–H groups in total. The highest BCUT2D eigenvalue weighted by molar-refractivity contribution is 6.08. The predicted molar refractivity (Wildman–Crippen MR) is 129 cm³/mol. The van der Waals surface area contributed by atoms with Crippen LogP contribution in [0.15, 0.2) is 49.1 Å². The summed E-state index contributed by atoms with van der Waals surface area (Å²) in [6.45, 7) is 5.51. The number of carbonyl (C=O) groups excluding carboxylic acids is 1. The molecular weight excluding hydrogens is 542 g/mol. The van der Waals surface area contributed by atoms with Gasteiger partial charge in [-0.15, -0.1) is 0 Å². The number of ether oxygens (including phenoxy) is 2. The Morgan fingerprint density at radius 1 is 0.925 bits per heavy atom. The van der Waals surface area contributed by atoms with Gasteiger partial charge in [-0.2, -0.15) is 4.90 Å². The number of piperidine rings is 1. The first-order valence-corrected chi connectivity index (χ1v) is 11.3. The van der Waals surface area contributed by atoms with Crippen LogP contribution in [0.4, 0.5) is 0 Å². The Balaban J connectivity index is 2.28. The van der Waals surface area contributed by atoms with Crippen molar-refractivity contribution in [1.82, 2.24) is 4.90 Å². The second kappa shape index (κ2) is 9.36. The quantitative estimate of drug-likeness (QED) is 0.102. The fraction of sp³-hybridized carbons (Fsp3) is 0.458. The standard InChI is InChI=1S/C24H31NO15/c1-5-7-12(6-2)11-25-23(35,36)21(31,32)19(28,22(33,34)24(25,37)38)20(29,30)18(27)10-13-8-15(39-3)16(40-4)9-14(13)17(18)26/h5-9,27-38H,1-2,10-11H2,3-4H3/b12-7+. The summed E-state index contributed by atoms with van der Waals surface area (Å²) in [4.78, 5) is 12.7. The fourth-order valence-corrected chi connectivity index (χ4v) is 4.99. The van der Waals surface area contributed by atoms with Crippen molar-refractivity contribution in [3.63, 3.8) is 0 Å². The number of benzene rings is 1. The Hall–Kier alpha value is -2.81. The van der Waals surface area contributed by atoms with Gasteiger partial charge in [-0.1, -0.05) is 31.4 Å². The normalized spacial score (nSPS) is 26.6. The number of nitrogens with zero attached hydrogens (tertiary/aromatic N) is 1. The number of methoxy groups -OCH3 is 2. The molecule has 1 atom stereocenters. The largest absolute Gasteiger partial charge is 0.493 e. The minimum absolute atomic E-state index is 0.0239. The number of rotatable bonds is 8. The van der Waals surface area contributed by atoms with E-state index in [1.165, 1.54) is 14.2 Å². The van der Waals surface area contributed by atoms with Gasteiger partial charge in [0.25, 0.3) is 23.4 Å². The fourth-order valence-electron chi connectivity index (χ4n) is 4.99. The zero-order valence-corrected chi connectivity index (χ0v) is 21.3. The van der Waals surface area contributed by atoms with Gasteiger partial charge < -0.3 is 70.8 Å². The van der Waals surface area contributed by atoms with Gasteiger partial charge in [0, 0.05) is 18.5 Å². The third-order valence-electron chi connectivity index (χ3n) is 7.39. The van der Waals surface area contributed by atoms with Crippen molar-refractivity contribution >= 4 is 5.78 Å². The summed E-state index contributed by atoms with van der Waals surface area (Å²) in [6.07, 6.45) is 1.97. The third kappa shape index (κ3) is 3.58.